The molecular formula is C19H24N4O3. The largest absolute Gasteiger partial charge is 0.381 e. The highest BCUT2D eigenvalue weighted by Crippen LogP contribution is 2.34. The van der Waals surface area contributed by atoms with Gasteiger partial charge in [0.1, 0.15) is 0 Å². The number of hydrogen-bond donors (Lipinski definition) is 0. The van der Waals surface area contributed by atoms with Crippen molar-refractivity contribution in [1.82, 2.24) is 20.0 Å². The number of likely N-dealkylation sites (tertiary alicyclic amines) is 1. The van der Waals surface area contributed by atoms with Gasteiger partial charge in [-0.3, -0.25) is 9.78 Å². The minimum Gasteiger partial charge on any atom is -0.381 e. The van der Waals surface area contributed by atoms with Crippen LogP contribution in [0.25, 0.3) is 0 Å². The molecule has 2 fully saturated rings. The molecule has 0 N–H and O–H groups in total. The van der Waals surface area contributed by atoms with Gasteiger partial charge in [0, 0.05) is 38.0 Å². The Labute approximate surface area is 152 Å². The molecule has 1 amide bonds. The predicted octanol–water partition coefficient (Wildman–Crippen LogP) is 2.36. The summed E-state index contributed by atoms with van der Waals surface area (Å²) >= 11 is 0. The van der Waals surface area contributed by atoms with Crippen LogP contribution in [0.3, 0.4) is 0 Å². The van der Waals surface area contributed by atoms with E-state index in [1.165, 1.54) is 12.8 Å². The number of amides is 1. The van der Waals surface area contributed by atoms with E-state index in [1.54, 1.807) is 12.4 Å². The molecule has 0 radical (unpaired) electrons. The Morgan fingerprint density at radius 3 is 2.85 bits per heavy atom. The molecule has 4 rings (SSSR count). The molecule has 1 saturated carbocycles. The van der Waals surface area contributed by atoms with Crippen LogP contribution in [0.5, 0.6) is 0 Å². The highest BCUT2D eigenvalue weighted by molar-refractivity contribution is 5.95. The molecule has 0 bridgehead atoms. The first-order chi connectivity index (χ1) is 12.6. The second-order valence-corrected chi connectivity index (χ2v) is 7.43. The van der Waals surface area contributed by atoms with E-state index >= 15 is 0 Å². The molecule has 2 unspecified atom stereocenters. The van der Waals surface area contributed by atoms with E-state index in [0.717, 1.165) is 18.1 Å². The fourth-order valence-corrected chi connectivity index (χ4v) is 3.48. The van der Waals surface area contributed by atoms with Crippen molar-refractivity contribution < 1.29 is 14.1 Å². The first kappa shape index (κ1) is 17.1. The molecule has 3 heterocycles. The van der Waals surface area contributed by atoms with Crippen LogP contribution in [0, 0.1) is 25.7 Å². The Bertz CT molecular complexity index is 787. The van der Waals surface area contributed by atoms with Crippen molar-refractivity contribution in [2.75, 3.05) is 26.3 Å². The molecule has 0 spiro atoms. The van der Waals surface area contributed by atoms with Gasteiger partial charge >= 0.3 is 0 Å². The SMILES string of the molecule is Cc1noc(C2CN(C(=O)c3cnccc3C)CC2COCC2CC2)n1. The van der Waals surface area contributed by atoms with Crippen LogP contribution in [0.1, 0.15) is 46.4 Å². The zero-order valence-corrected chi connectivity index (χ0v) is 15.2. The fraction of sp³-hybridized carbons (Fsp3) is 0.579. The number of rotatable bonds is 6. The van der Waals surface area contributed by atoms with Crippen LogP contribution in [-0.4, -0.2) is 52.2 Å². The first-order valence-corrected chi connectivity index (χ1v) is 9.19. The molecule has 1 saturated heterocycles. The topological polar surface area (TPSA) is 81.4 Å². The summed E-state index contributed by atoms with van der Waals surface area (Å²) in [6.07, 6.45) is 5.87. The van der Waals surface area contributed by atoms with Crippen molar-refractivity contribution in [2.45, 2.75) is 32.6 Å². The number of pyridine rings is 1. The van der Waals surface area contributed by atoms with E-state index in [1.807, 2.05) is 24.8 Å². The van der Waals surface area contributed by atoms with E-state index < -0.39 is 0 Å². The van der Waals surface area contributed by atoms with Gasteiger partial charge in [-0.1, -0.05) is 5.16 Å². The minimum absolute atomic E-state index is 0.00142. The number of nitrogens with zero attached hydrogens (tertiary/aromatic N) is 4. The zero-order valence-electron chi connectivity index (χ0n) is 15.2. The third-order valence-electron chi connectivity index (χ3n) is 5.24. The zero-order chi connectivity index (χ0) is 18.1. The Morgan fingerprint density at radius 2 is 2.15 bits per heavy atom. The number of aryl methyl sites for hydroxylation is 2. The number of carbonyl (C=O) groups excluding carboxylic acids is 1. The van der Waals surface area contributed by atoms with Gasteiger partial charge in [0.25, 0.3) is 5.91 Å². The Hall–Kier alpha value is -2.28. The molecule has 1 aliphatic carbocycles. The number of aromatic nitrogens is 3. The smallest absolute Gasteiger partial charge is 0.255 e. The lowest BCUT2D eigenvalue weighted by Crippen LogP contribution is -2.30. The average Bonchev–Trinajstić information content (AvgIpc) is 3.20. The van der Waals surface area contributed by atoms with Crippen LogP contribution >= 0.6 is 0 Å². The predicted molar refractivity (Wildman–Crippen MR) is 93.7 cm³/mol. The normalized spacial score (nSPS) is 22.8. The van der Waals surface area contributed by atoms with E-state index in [2.05, 4.69) is 15.1 Å². The van der Waals surface area contributed by atoms with Gasteiger partial charge in [-0.2, -0.15) is 4.98 Å². The van der Waals surface area contributed by atoms with Gasteiger partial charge in [-0.25, -0.2) is 0 Å². The standard InChI is InChI=1S/C19H24N4O3/c1-12-5-6-20-7-16(12)19(24)23-8-15(11-25-10-14-3-4-14)17(9-23)18-21-13(2)22-26-18/h5-7,14-15,17H,3-4,8-11H2,1-2H3. The molecule has 26 heavy (non-hydrogen) atoms. The van der Waals surface area contributed by atoms with Crippen molar-refractivity contribution in [3.63, 3.8) is 0 Å². The van der Waals surface area contributed by atoms with Crippen molar-refractivity contribution >= 4 is 5.91 Å². The molecule has 2 aliphatic rings. The third kappa shape index (κ3) is 3.62. The van der Waals surface area contributed by atoms with Crippen LogP contribution in [0.15, 0.2) is 23.0 Å². The summed E-state index contributed by atoms with van der Waals surface area (Å²) in [5, 5.41) is 3.92. The van der Waals surface area contributed by atoms with Crippen molar-refractivity contribution in [2.24, 2.45) is 11.8 Å². The maximum Gasteiger partial charge on any atom is 0.255 e. The van der Waals surface area contributed by atoms with Crippen LogP contribution < -0.4 is 0 Å². The van der Waals surface area contributed by atoms with Crippen LogP contribution in [0.2, 0.25) is 0 Å². The maximum absolute atomic E-state index is 13.0. The molecule has 2 atom stereocenters. The molecule has 1 aliphatic heterocycles. The first-order valence-electron chi connectivity index (χ1n) is 9.19. The lowest BCUT2D eigenvalue weighted by molar-refractivity contribution is 0.0735. The second kappa shape index (κ2) is 7.15. The summed E-state index contributed by atoms with van der Waals surface area (Å²) < 4.78 is 11.3. The fourth-order valence-electron chi connectivity index (χ4n) is 3.48. The molecule has 2 aromatic heterocycles. The number of ether oxygens (including phenoxy) is 1. The Morgan fingerprint density at radius 1 is 1.31 bits per heavy atom. The summed E-state index contributed by atoms with van der Waals surface area (Å²) in [6.45, 7) is 6.35. The van der Waals surface area contributed by atoms with Gasteiger partial charge in [0.15, 0.2) is 5.82 Å². The summed E-state index contributed by atoms with van der Waals surface area (Å²) in [4.78, 5) is 23.3. The average molecular weight is 356 g/mol. The monoisotopic (exact) mass is 356 g/mol. The molecule has 2 aromatic rings. The van der Waals surface area contributed by atoms with Crippen LogP contribution in [-0.2, 0) is 4.74 Å². The summed E-state index contributed by atoms with van der Waals surface area (Å²) in [6, 6.07) is 1.86. The molecule has 7 heteroatoms. The third-order valence-corrected chi connectivity index (χ3v) is 5.24. The molecule has 138 valence electrons. The van der Waals surface area contributed by atoms with Crippen molar-refractivity contribution in [1.29, 1.82) is 0 Å². The maximum atomic E-state index is 13.0. The highest BCUT2D eigenvalue weighted by atomic mass is 16.5. The summed E-state index contributed by atoms with van der Waals surface area (Å²) in [5.74, 6) is 2.11. The highest BCUT2D eigenvalue weighted by Gasteiger charge is 2.40. The lowest BCUT2D eigenvalue weighted by Gasteiger charge is -2.17. The number of carbonyl (C=O) groups is 1. The minimum atomic E-state index is 0.00142. The Kier molecular flexibility index (Phi) is 4.72. The van der Waals surface area contributed by atoms with Gasteiger partial charge in [0.2, 0.25) is 5.89 Å². The van der Waals surface area contributed by atoms with Gasteiger partial charge in [-0.05, 0) is 44.2 Å². The van der Waals surface area contributed by atoms with Gasteiger partial charge in [0.05, 0.1) is 18.1 Å². The second-order valence-electron chi connectivity index (χ2n) is 7.43. The van der Waals surface area contributed by atoms with Crippen molar-refractivity contribution in [3.05, 3.63) is 41.3 Å². The van der Waals surface area contributed by atoms with E-state index in [4.69, 9.17) is 9.26 Å². The van der Waals surface area contributed by atoms with Gasteiger partial charge < -0.3 is 14.2 Å². The van der Waals surface area contributed by atoms with Crippen LogP contribution in [0.4, 0.5) is 0 Å². The van der Waals surface area contributed by atoms with E-state index in [9.17, 15) is 4.79 Å². The van der Waals surface area contributed by atoms with Gasteiger partial charge in [-0.15, -0.1) is 0 Å². The number of hydrogen-bond acceptors (Lipinski definition) is 6. The van der Waals surface area contributed by atoms with Crippen molar-refractivity contribution in [3.8, 4) is 0 Å². The van der Waals surface area contributed by atoms with E-state index in [0.29, 0.717) is 37.0 Å². The molecule has 7 nitrogen and oxygen atoms in total. The molecular weight excluding hydrogens is 332 g/mol. The molecule has 0 aromatic carbocycles. The Balaban J connectivity index is 1.50. The summed E-state index contributed by atoms with van der Waals surface area (Å²) in [7, 11) is 0. The summed E-state index contributed by atoms with van der Waals surface area (Å²) in [5.41, 5.74) is 1.58. The van der Waals surface area contributed by atoms with E-state index in [-0.39, 0.29) is 17.7 Å². The quantitative estimate of drug-likeness (QED) is 0.790. The lowest BCUT2D eigenvalue weighted by atomic mass is 9.97.